The largest absolute Gasteiger partial charge is 0.497 e. The molecule has 1 N–H and O–H groups in total. The lowest BCUT2D eigenvalue weighted by molar-refractivity contribution is -0.115. The third kappa shape index (κ3) is 5.21. The fourth-order valence-corrected chi connectivity index (χ4v) is 4.09. The Morgan fingerprint density at radius 3 is 2.80 bits per heavy atom. The molecule has 0 unspecified atom stereocenters. The summed E-state index contributed by atoms with van der Waals surface area (Å²) in [4.78, 5) is 30.4. The van der Waals surface area contributed by atoms with Crippen molar-refractivity contribution in [3.63, 3.8) is 0 Å². The summed E-state index contributed by atoms with van der Waals surface area (Å²) >= 11 is 4.63. The molecule has 7 nitrogen and oxygen atoms in total. The number of halogens is 1. The summed E-state index contributed by atoms with van der Waals surface area (Å²) in [5.74, 6) is 0.459. The molecule has 0 radical (unpaired) electrons. The third-order valence-corrected chi connectivity index (χ3v) is 5.97. The summed E-state index contributed by atoms with van der Waals surface area (Å²) in [5, 5.41) is 3.38. The molecule has 158 valence electrons. The van der Waals surface area contributed by atoms with E-state index in [9.17, 15) is 9.59 Å². The van der Waals surface area contributed by atoms with Crippen molar-refractivity contribution in [1.82, 2.24) is 9.55 Å². The topological polar surface area (TPSA) is 82.4 Å². The molecule has 3 rings (SSSR count). The van der Waals surface area contributed by atoms with Crippen LogP contribution in [0, 0.1) is 0 Å². The van der Waals surface area contributed by atoms with Crippen molar-refractivity contribution < 1.29 is 14.3 Å². The molecule has 1 amide bonds. The number of thioether (sulfide) groups is 1. The monoisotopic (exact) mass is 491 g/mol. The van der Waals surface area contributed by atoms with Crippen LogP contribution in [0.15, 0.2) is 56.9 Å². The number of anilines is 1. The van der Waals surface area contributed by atoms with Gasteiger partial charge in [0.05, 0.1) is 36.4 Å². The molecule has 0 aliphatic heterocycles. The predicted octanol–water partition coefficient (Wildman–Crippen LogP) is 3.93. The summed E-state index contributed by atoms with van der Waals surface area (Å²) < 4.78 is 12.7. The van der Waals surface area contributed by atoms with E-state index in [2.05, 4.69) is 26.2 Å². The summed E-state index contributed by atoms with van der Waals surface area (Å²) in [6.07, 6.45) is 0. The standard InChI is InChI=1S/C21H22BrN3O4S/c1-13(19(26)23-15-5-4-6-16(12-15)29-3)30-21-24-18-8-7-14(22)11-17(18)20(27)25(21)9-10-28-2/h4-8,11-13H,9-10H2,1-3H3,(H,23,26)/t13-/m1/s1. The zero-order chi connectivity index (χ0) is 21.7. The second kappa shape index (κ2) is 10.1. The van der Waals surface area contributed by atoms with Crippen LogP contribution in [0.5, 0.6) is 5.75 Å². The van der Waals surface area contributed by atoms with E-state index >= 15 is 0 Å². The Balaban J connectivity index is 1.88. The SMILES string of the molecule is COCCn1c(S[C@H](C)C(=O)Nc2cccc(OC)c2)nc2ccc(Br)cc2c1=O. The zero-order valence-electron chi connectivity index (χ0n) is 16.8. The predicted molar refractivity (Wildman–Crippen MR) is 123 cm³/mol. The van der Waals surface area contributed by atoms with Crippen molar-refractivity contribution in [2.75, 3.05) is 26.1 Å². The van der Waals surface area contributed by atoms with Crippen LogP contribution >= 0.6 is 27.7 Å². The van der Waals surface area contributed by atoms with Gasteiger partial charge in [0.1, 0.15) is 5.75 Å². The molecule has 9 heteroatoms. The molecule has 0 aliphatic carbocycles. The Kier molecular flexibility index (Phi) is 7.52. The maximum Gasteiger partial charge on any atom is 0.262 e. The number of amides is 1. The molecule has 0 spiro atoms. The first-order valence-electron chi connectivity index (χ1n) is 9.23. The Morgan fingerprint density at radius 2 is 2.07 bits per heavy atom. The van der Waals surface area contributed by atoms with Crippen LogP contribution in [-0.2, 0) is 16.1 Å². The van der Waals surface area contributed by atoms with Crippen molar-refractivity contribution in [1.29, 1.82) is 0 Å². The summed E-state index contributed by atoms with van der Waals surface area (Å²) in [6, 6.07) is 12.5. The molecule has 0 saturated heterocycles. The number of ether oxygens (including phenoxy) is 2. The lowest BCUT2D eigenvalue weighted by Crippen LogP contribution is -2.28. The van der Waals surface area contributed by atoms with Crippen molar-refractivity contribution in [3.05, 3.63) is 57.3 Å². The Labute approximate surface area is 186 Å². The number of hydrogen-bond acceptors (Lipinski definition) is 6. The molecular weight excluding hydrogens is 470 g/mol. The van der Waals surface area contributed by atoms with Crippen molar-refractivity contribution in [2.45, 2.75) is 23.9 Å². The van der Waals surface area contributed by atoms with Gasteiger partial charge in [-0.3, -0.25) is 14.2 Å². The number of fused-ring (bicyclic) bond motifs is 1. The van der Waals surface area contributed by atoms with Gasteiger partial charge in [-0.1, -0.05) is 33.8 Å². The van der Waals surface area contributed by atoms with Gasteiger partial charge in [0.15, 0.2) is 5.16 Å². The minimum atomic E-state index is -0.482. The first-order chi connectivity index (χ1) is 14.4. The highest BCUT2D eigenvalue weighted by Gasteiger charge is 2.20. The fourth-order valence-electron chi connectivity index (χ4n) is 2.80. The molecule has 0 saturated carbocycles. The van der Waals surface area contributed by atoms with E-state index in [1.165, 1.54) is 11.8 Å². The average molecular weight is 492 g/mol. The van der Waals surface area contributed by atoms with E-state index in [0.29, 0.717) is 40.6 Å². The maximum atomic E-state index is 13.0. The lowest BCUT2D eigenvalue weighted by Gasteiger charge is -2.16. The van der Waals surface area contributed by atoms with Crippen molar-refractivity contribution in [3.8, 4) is 5.75 Å². The number of benzene rings is 2. The highest BCUT2D eigenvalue weighted by atomic mass is 79.9. The Bertz CT molecular complexity index is 1120. The number of carbonyl (C=O) groups is 1. The highest BCUT2D eigenvalue weighted by Crippen LogP contribution is 2.25. The Morgan fingerprint density at radius 1 is 1.27 bits per heavy atom. The minimum Gasteiger partial charge on any atom is -0.497 e. The van der Waals surface area contributed by atoms with Crippen LogP contribution in [0.3, 0.4) is 0 Å². The highest BCUT2D eigenvalue weighted by molar-refractivity contribution is 9.10. The van der Waals surface area contributed by atoms with Gasteiger partial charge in [0.25, 0.3) is 5.56 Å². The third-order valence-electron chi connectivity index (χ3n) is 4.39. The number of rotatable bonds is 8. The first-order valence-corrected chi connectivity index (χ1v) is 10.9. The summed E-state index contributed by atoms with van der Waals surface area (Å²) in [6.45, 7) is 2.48. The number of hydrogen-bond donors (Lipinski definition) is 1. The number of methoxy groups -OCH3 is 2. The van der Waals surface area contributed by atoms with Crippen LogP contribution in [0.25, 0.3) is 10.9 Å². The van der Waals surface area contributed by atoms with Gasteiger partial charge in [-0.05, 0) is 37.3 Å². The summed E-state index contributed by atoms with van der Waals surface area (Å²) in [5.41, 5.74) is 1.06. The number of nitrogens with one attached hydrogen (secondary N) is 1. The van der Waals surface area contributed by atoms with Crippen LogP contribution < -0.4 is 15.6 Å². The van der Waals surface area contributed by atoms with Crippen molar-refractivity contribution >= 4 is 50.2 Å². The molecule has 0 aliphatic rings. The molecule has 30 heavy (non-hydrogen) atoms. The van der Waals surface area contributed by atoms with Gasteiger partial charge in [-0.2, -0.15) is 0 Å². The number of aromatic nitrogens is 2. The van der Waals surface area contributed by atoms with Crippen molar-refractivity contribution in [2.24, 2.45) is 0 Å². The number of nitrogens with zero attached hydrogens (tertiary/aromatic N) is 2. The average Bonchev–Trinajstić information content (AvgIpc) is 2.74. The van der Waals surface area contributed by atoms with Gasteiger partial charge < -0.3 is 14.8 Å². The molecule has 0 bridgehead atoms. The van der Waals surface area contributed by atoms with Gasteiger partial charge >= 0.3 is 0 Å². The number of carbonyl (C=O) groups excluding carboxylic acids is 1. The molecule has 2 aromatic carbocycles. The van der Waals surface area contributed by atoms with E-state index in [1.54, 1.807) is 62.1 Å². The lowest BCUT2D eigenvalue weighted by atomic mass is 10.2. The fraction of sp³-hybridized carbons (Fsp3) is 0.286. The second-order valence-electron chi connectivity index (χ2n) is 6.49. The summed E-state index contributed by atoms with van der Waals surface area (Å²) in [7, 11) is 3.15. The minimum absolute atomic E-state index is 0.166. The zero-order valence-corrected chi connectivity index (χ0v) is 19.2. The molecule has 1 atom stereocenters. The normalized spacial score (nSPS) is 12.0. The van der Waals surface area contributed by atoms with Gasteiger partial charge in [-0.15, -0.1) is 0 Å². The van der Waals surface area contributed by atoms with E-state index < -0.39 is 5.25 Å². The molecule has 1 aromatic heterocycles. The van der Waals surface area contributed by atoms with Gasteiger partial charge in [0, 0.05) is 23.3 Å². The van der Waals surface area contributed by atoms with Crippen LogP contribution in [-0.4, -0.2) is 41.5 Å². The quantitative estimate of drug-likeness (QED) is 0.379. The van der Waals surface area contributed by atoms with E-state index in [1.807, 2.05) is 6.07 Å². The van der Waals surface area contributed by atoms with E-state index in [4.69, 9.17) is 9.47 Å². The Hall–Kier alpha value is -2.36. The molecule has 0 fully saturated rings. The molecule has 3 aromatic rings. The van der Waals surface area contributed by atoms with Gasteiger partial charge in [0.2, 0.25) is 5.91 Å². The smallest absolute Gasteiger partial charge is 0.262 e. The second-order valence-corrected chi connectivity index (χ2v) is 8.71. The maximum absolute atomic E-state index is 13.0. The molecular formula is C21H22BrN3O4S. The molecule has 1 heterocycles. The van der Waals surface area contributed by atoms with E-state index in [0.717, 1.165) is 4.47 Å². The van der Waals surface area contributed by atoms with Crippen LogP contribution in [0.1, 0.15) is 6.92 Å². The van der Waals surface area contributed by atoms with Gasteiger partial charge in [-0.25, -0.2) is 4.98 Å². The van der Waals surface area contributed by atoms with E-state index in [-0.39, 0.29) is 11.5 Å². The van der Waals surface area contributed by atoms with Crippen LogP contribution in [0.2, 0.25) is 0 Å². The first kappa shape index (κ1) is 22.3. The van der Waals surface area contributed by atoms with Crippen LogP contribution in [0.4, 0.5) is 5.69 Å².